The van der Waals surface area contributed by atoms with E-state index in [0.29, 0.717) is 11.8 Å². The Hall–Kier alpha value is -7.62. The molecule has 0 bridgehead atoms. The van der Waals surface area contributed by atoms with Gasteiger partial charge in [0.25, 0.3) is 0 Å². The second-order valence-electron chi connectivity index (χ2n) is 16.8. The molecular weight excluding hydrogens is 743 g/mol. The number of nitrogens with zero attached hydrogens (tertiary/aromatic N) is 1. The van der Waals surface area contributed by atoms with Crippen molar-refractivity contribution >= 4 is 65.7 Å². The second kappa shape index (κ2) is 13.2. The molecule has 9 aromatic carbocycles. The molecule has 0 aliphatic heterocycles. The molecule has 0 saturated heterocycles. The number of hydrogen-bond donors (Lipinski definition) is 0. The summed E-state index contributed by atoms with van der Waals surface area (Å²) in [7, 11) is 0. The minimum atomic E-state index is 0.298. The van der Waals surface area contributed by atoms with Gasteiger partial charge in [-0.1, -0.05) is 153 Å². The fraction of sp³-hybridized carbons (Fsp3) is 0.0690. The van der Waals surface area contributed by atoms with Crippen molar-refractivity contribution in [2.24, 2.45) is 0 Å². The molecule has 0 radical (unpaired) electrons. The molecule has 2 unspecified atom stereocenters. The van der Waals surface area contributed by atoms with Crippen molar-refractivity contribution < 1.29 is 8.83 Å². The summed E-state index contributed by atoms with van der Waals surface area (Å²) >= 11 is 0. The molecule has 0 amide bonds. The van der Waals surface area contributed by atoms with Crippen LogP contribution in [0.15, 0.2) is 203 Å². The van der Waals surface area contributed by atoms with Crippen molar-refractivity contribution in [2.45, 2.75) is 25.2 Å². The van der Waals surface area contributed by atoms with Gasteiger partial charge in [-0.2, -0.15) is 0 Å². The molecule has 288 valence electrons. The number of furan rings is 2. The summed E-state index contributed by atoms with van der Waals surface area (Å²) < 4.78 is 15.4. The lowest BCUT2D eigenvalue weighted by Gasteiger charge is -2.33. The van der Waals surface area contributed by atoms with E-state index in [9.17, 15) is 0 Å². The van der Waals surface area contributed by atoms with Crippen LogP contribution in [0.25, 0.3) is 105 Å². The number of para-hydroxylation sites is 2. The van der Waals surface area contributed by atoms with E-state index >= 15 is 0 Å². The van der Waals surface area contributed by atoms with E-state index in [-0.39, 0.29) is 0 Å². The van der Waals surface area contributed by atoms with Crippen LogP contribution in [0, 0.1) is 0 Å². The Morgan fingerprint density at radius 3 is 1.95 bits per heavy atom. The molecule has 3 heteroatoms. The zero-order chi connectivity index (χ0) is 40.2. The molecule has 2 atom stereocenters. The van der Waals surface area contributed by atoms with Crippen molar-refractivity contribution in [3.05, 3.63) is 211 Å². The SMILES string of the molecule is CC(c1ccc(-c2ccccc2)cc1)C1Cc2ccccc2-c2c1ccc1c2c2ccc(-c3ccc4c(c3)oc3ccccc34)cc2n1-c1cccc2oc3ccccc3c12. The van der Waals surface area contributed by atoms with E-state index < -0.39 is 0 Å². The highest BCUT2D eigenvalue weighted by atomic mass is 16.3. The maximum absolute atomic E-state index is 6.50. The number of benzene rings is 9. The first-order valence-corrected chi connectivity index (χ1v) is 21.3. The fourth-order valence-corrected chi connectivity index (χ4v) is 10.6. The lowest BCUT2D eigenvalue weighted by atomic mass is 9.71. The van der Waals surface area contributed by atoms with E-state index in [2.05, 4.69) is 193 Å². The fourth-order valence-electron chi connectivity index (χ4n) is 10.6. The maximum atomic E-state index is 6.50. The molecule has 1 aliphatic rings. The standard InChI is InChI=1S/C58H39NO2/c1-35(36-22-24-38(25-23-36)37-12-3-2-4-13-37)48-32-41-14-5-6-15-42(41)56-45(48)30-31-50-58(56)46-29-27-39(40-26-28-44-43-16-7-9-19-52(43)61-55(44)34-40)33-51(46)59(50)49-18-11-21-54-57(49)47-17-8-10-20-53(47)60-54/h2-31,33-35,48H,32H2,1H3. The third kappa shape index (κ3) is 5.17. The highest BCUT2D eigenvalue weighted by Crippen LogP contribution is 2.52. The molecule has 12 aromatic rings. The number of rotatable bonds is 5. The Kier molecular flexibility index (Phi) is 7.41. The van der Waals surface area contributed by atoms with Crippen molar-refractivity contribution in [2.75, 3.05) is 0 Å². The molecule has 0 N–H and O–H groups in total. The van der Waals surface area contributed by atoms with Crippen LogP contribution in [-0.2, 0) is 6.42 Å². The molecule has 0 fully saturated rings. The first-order valence-electron chi connectivity index (χ1n) is 21.3. The average Bonchev–Trinajstić information content (AvgIpc) is 4.00. The predicted octanol–water partition coefficient (Wildman–Crippen LogP) is 16.0. The maximum Gasteiger partial charge on any atom is 0.137 e. The van der Waals surface area contributed by atoms with Gasteiger partial charge in [-0.05, 0) is 117 Å². The van der Waals surface area contributed by atoms with Gasteiger partial charge in [0.05, 0.1) is 22.1 Å². The zero-order valence-corrected chi connectivity index (χ0v) is 33.6. The summed E-state index contributed by atoms with van der Waals surface area (Å²) in [5.74, 6) is 0.597. The number of aromatic nitrogens is 1. The minimum absolute atomic E-state index is 0.298. The Morgan fingerprint density at radius 2 is 1.10 bits per heavy atom. The summed E-state index contributed by atoms with van der Waals surface area (Å²) in [4.78, 5) is 0. The smallest absolute Gasteiger partial charge is 0.137 e. The third-order valence-corrected chi connectivity index (χ3v) is 13.6. The molecule has 0 spiro atoms. The van der Waals surface area contributed by atoms with E-state index in [1.807, 2.05) is 12.1 Å². The summed E-state index contributed by atoms with van der Waals surface area (Å²) in [6.07, 6.45) is 0.990. The van der Waals surface area contributed by atoms with Crippen LogP contribution in [0.4, 0.5) is 0 Å². The molecule has 0 saturated carbocycles. The first-order chi connectivity index (χ1) is 30.2. The average molecular weight is 782 g/mol. The third-order valence-electron chi connectivity index (χ3n) is 13.6. The van der Waals surface area contributed by atoms with Crippen LogP contribution in [0.5, 0.6) is 0 Å². The van der Waals surface area contributed by atoms with Crippen LogP contribution in [0.2, 0.25) is 0 Å². The van der Waals surface area contributed by atoms with E-state index in [4.69, 9.17) is 8.83 Å². The lowest BCUT2D eigenvalue weighted by Crippen LogP contribution is -2.17. The highest BCUT2D eigenvalue weighted by Gasteiger charge is 2.32. The van der Waals surface area contributed by atoms with Crippen molar-refractivity contribution in [3.8, 4) is 39.1 Å². The van der Waals surface area contributed by atoms with Crippen LogP contribution in [0.3, 0.4) is 0 Å². The summed E-state index contributed by atoms with van der Waals surface area (Å²) in [6.45, 7) is 2.42. The van der Waals surface area contributed by atoms with E-state index in [0.717, 1.165) is 72.6 Å². The largest absolute Gasteiger partial charge is 0.456 e. The summed E-state index contributed by atoms with van der Waals surface area (Å²) in [5, 5.41) is 7.04. The second-order valence-corrected chi connectivity index (χ2v) is 16.8. The van der Waals surface area contributed by atoms with Gasteiger partial charge in [0, 0.05) is 26.9 Å². The van der Waals surface area contributed by atoms with Gasteiger partial charge in [-0.25, -0.2) is 0 Å². The van der Waals surface area contributed by atoms with Gasteiger partial charge in [0.1, 0.15) is 22.3 Å². The topological polar surface area (TPSA) is 31.2 Å². The lowest BCUT2D eigenvalue weighted by molar-refractivity contribution is 0.568. The predicted molar refractivity (Wildman–Crippen MR) is 253 cm³/mol. The van der Waals surface area contributed by atoms with E-state index in [1.165, 1.54) is 55.2 Å². The van der Waals surface area contributed by atoms with Crippen LogP contribution in [0.1, 0.15) is 35.4 Å². The van der Waals surface area contributed by atoms with E-state index in [1.54, 1.807) is 0 Å². The minimum Gasteiger partial charge on any atom is -0.456 e. The van der Waals surface area contributed by atoms with Gasteiger partial charge >= 0.3 is 0 Å². The van der Waals surface area contributed by atoms with Gasteiger partial charge in [-0.3, -0.25) is 0 Å². The molecule has 13 rings (SSSR count). The summed E-state index contributed by atoms with van der Waals surface area (Å²) in [6, 6.07) is 70.7. The number of fused-ring (bicyclic) bond motifs is 13. The van der Waals surface area contributed by atoms with Crippen molar-refractivity contribution in [1.82, 2.24) is 4.57 Å². The molecule has 1 aliphatic carbocycles. The number of hydrogen-bond acceptors (Lipinski definition) is 2. The van der Waals surface area contributed by atoms with Crippen LogP contribution >= 0.6 is 0 Å². The first kappa shape index (κ1) is 34.3. The Morgan fingerprint density at radius 1 is 0.459 bits per heavy atom. The zero-order valence-electron chi connectivity index (χ0n) is 33.6. The summed E-state index contributed by atoms with van der Waals surface area (Å²) in [5.41, 5.74) is 18.7. The van der Waals surface area contributed by atoms with Crippen LogP contribution < -0.4 is 0 Å². The van der Waals surface area contributed by atoms with Gasteiger partial charge < -0.3 is 13.4 Å². The highest BCUT2D eigenvalue weighted by molar-refractivity contribution is 6.19. The monoisotopic (exact) mass is 781 g/mol. The Bertz CT molecular complexity index is 3690. The van der Waals surface area contributed by atoms with Gasteiger partial charge in [-0.15, -0.1) is 0 Å². The van der Waals surface area contributed by atoms with Crippen LogP contribution in [-0.4, -0.2) is 4.57 Å². The molecule has 3 aromatic heterocycles. The quantitative estimate of drug-likeness (QED) is 0.174. The Labute approximate surface area is 352 Å². The van der Waals surface area contributed by atoms with Crippen molar-refractivity contribution in [1.29, 1.82) is 0 Å². The Balaban J connectivity index is 1.06. The molecule has 61 heavy (non-hydrogen) atoms. The molecule has 3 heterocycles. The van der Waals surface area contributed by atoms with Gasteiger partial charge in [0.15, 0.2) is 0 Å². The van der Waals surface area contributed by atoms with Crippen molar-refractivity contribution in [3.63, 3.8) is 0 Å². The van der Waals surface area contributed by atoms with Gasteiger partial charge in [0.2, 0.25) is 0 Å². The molecule has 3 nitrogen and oxygen atoms in total. The molecular formula is C58H39NO2. The normalized spacial score (nSPS) is 14.3.